The Morgan fingerprint density at radius 3 is 2.50 bits per heavy atom. The fourth-order valence-corrected chi connectivity index (χ4v) is 2.29. The summed E-state index contributed by atoms with van der Waals surface area (Å²) < 4.78 is 0. The third-order valence-electron chi connectivity index (χ3n) is 2.33. The van der Waals surface area contributed by atoms with Crippen molar-refractivity contribution in [3.05, 3.63) is 0 Å². The van der Waals surface area contributed by atoms with E-state index in [0.29, 0.717) is 5.25 Å². The highest BCUT2D eigenvalue weighted by Gasteiger charge is 2.36. The summed E-state index contributed by atoms with van der Waals surface area (Å²) in [5.74, 6) is 0.892. The van der Waals surface area contributed by atoms with Gasteiger partial charge in [-0.1, -0.05) is 0 Å². The third kappa shape index (κ3) is 0.594. The van der Waals surface area contributed by atoms with Crippen molar-refractivity contribution in [2.75, 3.05) is 6.54 Å². The van der Waals surface area contributed by atoms with Gasteiger partial charge >= 0.3 is 0 Å². The van der Waals surface area contributed by atoms with Crippen molar-refractivity contribution in [1.29, 1.82) is 0 Å². The molecule has 2 fully saturated rings. The fraction of sp³-hybridized carbons (Fsp3) is 1.00. The molecule has 2 rings (SSSR count). The Balaban J connectivity index is 2.11. The molecule has 2 bridgehead atoms. The molecule has 0 unspecified atom stereocenters. The number of fused-ring (bicyclic) bond motifs is 2. The summed E-state index contributed by atoms with van der Waals surface area (Å²) in [7, 11) is 0. The van der Waals surface area contributed by atoms with Gasteiger partial charge in [0.25, 0.3) is 0 Å². The minimum absolute atomic E-state index is 0.709. The molecule has 0 radical (unpaired) electrons. The van der Waals surface area contributed by atoms with Gasteiger partial charge in [0.1, 0.15) is 0 Å². The van der Waals surface area contributed by atoms with Crippen LogP contribution in [0.25, 0.3) is 0 Å². The number of hydrogen-bond acceptors (Lipinski definition) is 2. The Kier molecular flexibility index (Phi) is 1.05. The second kappa shape index (κ2) is 1.64. The lowest BCUT2D eigenvalue weighted by atomic mass is 10.1. The molecule has 1 saturated heterocycles. The molecule has 1 saturated carbocycles. The van der Waals surface area contributed by atoms with Crippen LogP contribution in [-0.2, 0) is 0 Å². The number of piperidine rings is 1. The SMILES string of the molecule is S[C@H]1C[C@@H]2C[C@H]1CN2. The van der Waals surface area contributed by atoms with Crippen molar-refractivity contribution < 1.29 is 0 Å². The summed E-state index contributed by atoms with van der Waals surface area (Å²) in [6.07, 6.45) is 2.68. The highest BCUT2D eigenvalue weighted by molar-refractivity contribution is 7.81. The molecular weight excluding hydrogens is 118 g/mol. The molecule has 0 amide bonds. The maximum absolute atomic E-state index is 4.46. The normalized spacial score (nSPS) is 52.9. The molecule has 1 heterocycles. The highest BCUT2D eigenvalue weighted by atomic mass is 32.1. The van der Waals surface area contributed by atoms with Crippen LogP contribution in [0.4, 0.5) is 0 Å². The lowest BCUT2D eigenvalue weighted by Gasteiger charge is -2.16. The molecule has 1 aliphatic heterocycles. The zero-order valence-electron chi connectivity index (χ0n) is 4.80. The first kappa shape index (κ1) is 5.12. The lowest BCUT2D eigenvalue weighted by molar-refractivity contribution is 0.518. The Bertz CT molecular complexity index is 103. The van der Waals surface area contributed by atoms with Gasteiger partial charge in [-0.25, -0.2) is 0 Å². The number of thiol groups is 1. The largest absolute Gasteiger partial charge is 0.314 e. The predicted molar refractivity (Wildman–Crippen MR) is 37.3 cm³/mol. The molecule has 0 aromatic carbocycles. The average molecular weight is 129 g/mol. The third-order valence-corrected chi connectivity index (χ3v) is 2.96. The van der Waals surface area contributed by atoms with Gasteiger partial charge in [-0.15, -0.1) is 0 Å². The van der Waals surface area contributed by atoms with E-state index in [-0.39, 0.29) is 0 Å². The van der Waals surface area contributed by atoms with Crippen molar-refractivity contribution in [2.24, 2.45) is 5.92 Å². The van der Waals surface area contributed by atoms with E-state index in [1.165, 1.54) is 19.4 Å². The van der Waals surface area contributed by atoms with E-state index in [9.17, 15) is 0 Å². The maximum atomic E-state index is 4.46. The van der Waals surface area contributed by atoms with Crippen molar-refractivity contribution in [3.8, 4) is 0 Å². The standard InChI is InChI=1S/C6H11NS/c8-6-2-5-1-4(6)3-7-5/h4-8H,1-3H2/t4-,5-,6-/m0/s1. The van der Waals surface area contributed by atoms with Crippen molar-refractivity contribution in [1.82, 2.24) is 5.32 Å². The van der Waals surface area contributed by atoms with Gasteiger partial charge in [-0.2, -0.15) is 12.6 Å². The molecule has 2 heteroatoms. The highest BCUT2D eigenvalue weighted by Crippen LogP contribution is 2.34. The molecule has 1 aliphatic carbocycles. The van der Waals surface area contributed by atoms with Gasteiger partial charge in [0.15, 0.2) is 0 Å². The topological polar surface area (TPSA) is 12.0 Å². The first-order valence-electron chi connectivity index (χ1n) is 3.28. The van der Waals surface area contributed by atoms with E-state index < -0.39 is 0 Å². The fourth-order valence-electron chi connectivity index (χ4n) is 1.81. The first-order valence-corrected chi connectivity index (χ1v) is 3.79. The molecule has 0 spiro atoms. The van der Waals surface area contributed by atoms with Crippen LogP contribution in [0, 0.1) is 5.92 Å². The van der Waals surface area contributed by atoms with Gasteiger partial charge in [-0.3, -0.25) is 0 Å². The van der Waals surface area contributed by atoms with Crippen LogP contribution in [0.3, 0.4) is 0 Å². The minimum Gasteiger partial charge on any atom is -0.314 e. The van der Waals surface area contributed by atoms with Gasteiger partial charge in [0.2, 0.25) is 0 Å². The van der Waals surface area contributed by atoms with Crippen molar-refractivity contribution in [3.63, 3.8) is 0 Å². The monoisotopic (exact) mass is 129 g/mol. The van der Waals surface area contributed by atoms with Crippen LogP contribution in [0.1, 0.15) is 12.8 Å². The smallest absolute Gasteiger partial charge is 0.00812 e. The van der Waals surface area contributed by atoms with Crippen molar-refractivity contribution in [2.45, 2.75) is 24.1 Å². The Morgan fingerprint density at radius 2 is 2.25 bits per heavy atom. The van der Waals surface area contributed by atoms with Crippen molar-refractivity contribution >= 4 is 12.6 Å². The van der Waals surface area contributed by atoms with Crippen LogP contribution >= 0.6 is 12.6 Å². The molecule has 0 aromatic heterocycles. The van der Waals surface area contributed by atoms with Gasteiger partial charge in [0, 0.05) is 11.3 Å². The molecule has 46 valence electrons. The van der Waals surface area contributed by atoms with Crippen LogP contribution < -0.4 is 5.32 Å². The molecule has 8 heavy (non-hydrogen) atoms. The lowest BCUT2D eigenvalue weighted by Crippen LogP contribution is -2.29. The van der Waals surface area contributed by atoms with E-state index >= 15 is 0 Å². The minimum atomic E-state index is 0.709. The number of rotatable bonds is 0. The number of nitrogens with one attached hydrogen (secondary N) is 1. The van der Waals surface area contributed by atoms with Crippen LogP contribution in [0.15, 0.2) is 0 Å². The van der Waals surface area contributed by atoms with E-state index in [2.05, 4.69) is 17.9 Å². The molecule has 1 nitrogen and oxygen atoms in total. The van der Waals surface area contributed by atoms with Crippen LogP contribution in [-0.4, -0.2) is 17.8 Å². The van der Waals surface area contributed by atoms with E-state index in [1.54, 1.807) is 0 Å². The average Bonchev–Trinajstić information content (AvgIpc) is 2.23. The zero-order chi connectivity index (χ0) is 5.56. The van der Waals surface area contributed by atoms with E-state index in [0.717, 1.165) is 12.0 Å². The summed E-state index contributed by atoms with van der Waals surface area (Å²) in [6.45, 7) is 1.22. The molecule has 3 atom stereocenters. The summed E-state index contributed by atoms with van der Waals surface area (Å²) in [5, 5.41) is 4.15. The van der Waals surface area contributed by atoms with E-state index in [1.807, 2.05) is 0 Å². The Morgan fingerprint density at radius 1 is 1.38 bits per heavy atom. The number of hydrogen-bond donors (Lipinski definition) is 2. The second-order valence-corrected chi connectivity index (χ2v) is 3.57. The van der Waals surface area contributed by atoms with Gasteiger partial charge in [-0.05, 0) is 25.3 Å². The van der Waals surface area contributed by atoms with Crippen LogP contribution in [0.5, 0.6) is 0 Å². The van der Waals surface area contributed by atoms with Gasteiger partial charge in [0.05, 0.1) is 0 Å². The Hall–Kier alpha value is 0.310. The van der Waals surface area contributed by atoms with E-state index in [4.69, 9.17) is 0 Å². The van der Waals surface area contributed by atoms with Crippen LogP contribution in [0.2, 0.25) is 0 Å². The molecule has 0 aromatic rings. The summed E-state index contributed by atoms with van der Waals surface area (Å²) >= 11 is 4.46. The summed E-state index contributed by atoms with van der Waals surface area (Å²) in [5.41, 5.74) is 0. The predicted octanol–water partition coefficient (Wildman–Crippen LogP) is 0.667. The summed E-state index contributed by atoms with van der Waals surface area (Å²) in [4.78, 5) is 0. The second-order valence-electron chi connectivity index (χ2n) is 2.90. The maximum Gasteiger partial charge on any atom is 0.00812 e. The summed E-state index contributed by atoms with van der Waals surface area (Å²) in [6, 6.07) is 0.822. The Labute approximate surface area is 55.3 Å². The first-order chi connectivity index (χ1) is 3.86. The quantitative estimate of drug-likeness (QED) is 0.458. The molecule has 1 N–H and O–H groups in total. The molecule has 2 aliphatic rings. The zero-order valence-corrected chi connectivity index (χ0v) is 5.70. The van der Waals surface area contributed by atoms with Gasteiger partial charge < -0.3 is 5.32 Å². The molecular formula is C6H11NS.